The molecule has 3 rings (SSSR count). The van der Waals surface area contributed by atoms with Gasteiger partial charge in [0.1, 0.15) is 24.7 Å². The van der Waals surface area contributed by atoms with Crippen molar-refractivity contribution in [3.05, 3.63) is 102 Å². The smallest absolute Gasteiger partial charge is 0.338 e. The number of benzene rings is 3. The highest BCUT2D eigenvalue weighted by Gasteiger charge is 2.12. The van der Waals surface area contributed by atoms with E-state index in [-0.39, 0.29) is 18.3 Å². The highest BCUT2D eigenvalue weighted by molar-refractivity contribution is 8.14. The third kappa shape index (κ3) is 7.95. The summed E-state index contributed by atoms with van der Waals surface area (Å²) in [5.74, 6) is 0.183. The van der Waals surface area contributed by atoms with Crippen LogP contribution in [-0.4, -0.2) is 30.3 Å². The van der Waals surface area contributed by atoms with Crippen LogP contribution in [0.4, 0.5) is 0 Å². The molecule has 6 nitrogen and oxygen atoms in total. The molecule has 37 heavy (non-hydrogen) atoms. The SMILES string of the molecule is C=C(C)C(=O)OCCOc1ccc(-c2ccc(C(=O)Sc3ccc(OC(=O)C(=C)C)c(C)c3)cc2)cc1. The first kappa shape index (κ1) is 27.5. The quantitative estimate of drug-likeness (QED) is 0.0991. The predicted octanol–water partition coefficient (Wildman–Crippen LogP) is 6.57. The second-order valence-corrected chi connectivity index (χ2v) is 9.40. The number of carbonyl (C=O) groups excluding carboxylic acids is 3. The summed E-state index contributed by atoms with van der Waals surface area (Å²) in [6, 6.07) is 20.1. The Morgan fingerprint density at radius 3 is 1.95 bits per heavy atom. The van der Waals surface area contributed by atoms with Crippen molar-refractivity contribution in [2.45, 2.75) is 25.7 Å². The van der Waals surface area contributed by atoms with Gasteiger partial charge in [0.15, 0.2) is 0 Å². The van der Waals surface area contributed by atoms with E-state index in [2.05, 4.69) is 13.2 Å². The number of hydrogen-bond acceptors (Lipinski definition) is 7. The van der Waals surface area contributed by atoms with Crippen LogP contribution in [0.15, 0.2) is 95.9 Å². The maximum Gasteiger partial charge on any atom is 0.338 e. The van der Waals surface area contributed by atoms with Crippen LogP contribution in [-0.2, 0) is 14.3 Å². The fraction of sp³-hybridized carbons (Fsp3) is 0.167. The van der Waals surface area contributed by atoms with Gasteiger partial charge in [-0.3, -0.25) is 4.79 Å². The first-order chi connectivity index (χ1) is 17.6. The van der Waals surface area contributed by atoms with Gasteiger partial charge < -0.3 is 14.2 Å². The normalized spacial score (nSPS) is 10.4. The maximum absolute atomic E-state index is 12.8. The van der Waals surface area contributed by atoms with E-state index in [0.717, 1.165) is 33.3 Å². The van der Waals surface area contributed by atoms with Gasteiger partial charge in [0.25, 0.3) is 0 Å². The Morgan fingerprint density at radius 1 is 0.784 bits per heavy atom. The lowest BCUT2D eigenvalue weighted by Crippen LogP contribution is -2.12. The molecule has 0 spiro atoms. The van der Waals surface area contributed by atoms with Crippen LogP contribution in [0.1, 0.15) is 29.8 Å². The van der Waals surface area contributed by atoms with Gasteiger partial charge in [-0.05, 0) is 91.7 Å². The molecule has 0 aliphatic heterocycles. The number of carbonyl (C=O) groups is 3. The van der Waals surface area contributed by atoms with Crippen LogP contribution in [0, 0.1) is 6.92 Å². The minimum Gasteiger partial charge on any atom is -0.490 e. The average molecular weight is 517 g/mol. The zero-order valence-electron chi connectivity index (χ0n) is 21.0. The molecule has 0 aliphatic carbocycles. The largest absolute Gasteiger partial charge is 0.490 e. The van der Waals surface area contributed by atoms with Gasteiger partial charge in [0, 0.05) is 21.6 Å². The molecule has 0 fully saturated rings. The van der Waals surface area contributed by atoms with E-state index in [1.54, 1.807) is 38.1 Å². The van der Waals surface area contributed by atoms with Gasteiger partial charge in [-0.2, -0.15) is 0 Å². The summed E-state index contributed by atoms with van der Waals surface area (Å²) in [7, 11) is 0. The van der Waals surface area contributed by atoms with E-state index in [1.807, 2.05) is 49.4 Å². The van der Waals surface area contributed by atoms with Gasteiger partial charge in [-0.15, -0.1) is 0 Å². The van der Waals surface area contributed by atoms with E-state index in [9.17, 15) is 14.4 Å². The average Bonchev–Trinajstić information content (AvgIpc) is 2.88. The van der Waals surface area contributed by atoms with Crippen LogP contribution in [0.5, 0.6) is 11.5 Å². The minimum atomic E-state index is -0.483. The molecular weight excluding hydrogens is 488 g/mol. The Hall–Kier alpha value is -4.10. The molecule has 0 unspecified atom stereocenters. The summed E-state index contributed by atoms with van der Waals surface area (Å²) >= 11 is 1.11. The second kappa shape index (κ2) is 12.7. The number of aryl methyl sites for hydroxylation is 1. The van der Waals surface area contributed by atoms with Crippen LogP contribution in [0.25, 0.3) is 11.1 Å². The second-order valence-electron chi connectivity index (χ2n) is 8.35. The molecule has 0 atom stereocenters. The first-order valence-corrected chi connectivity index (χ1v) is 12.3. The van der Waals surface area contributed by atoms with Crippen LogP contribution < -0.4 is 9.47 Å². The highest BCUT2D eigenvalue weighted by Crippen LogP contribution is 2.29. The molecule has 3 aromatic rings. The number of rotatable bonds is 10. The lowest BCUT2D eigenvalue weighted by atomic mass is 10.0. The van der Waals surface area contributed by atoms with Gasteiger partial charge in [0.2, 0.25) is 5.12 Å². The molecular formula is C30H28O6S. The minimum absolute atomic E-state index is 0.0891. The zero-order chi connectivity index (χ0) is 26.9. The van der Waals surface area contributed by atoms with Gasteiger partial charge in [-0.25, -0.2) is 9.59 Å². The highest BCUT2D eigenvalue weighted by atomic mass is 32.2. The van der Waals surface area contributed by atoms with E-state index in [1.165, 1.54) is 0 Å². The molecule has 7 heteroatoms. The molecule has 0 heterocycles. The Balaban J connectivity index is 1.56. The van der Waals surface area contributed by atoms with Crippen LogP contribution >= 0.6 is 11.8 Å². The van der Waals surface area contributed by atoms with Gasteiger partial charge >= 0.3 is 11.9 Å². The molecule has 0 amide bonds. The molecule has 190 valence electrons. The molecule has 3 aromatic carbocycles. The van der Waals surface area contributed by atoms with E-state index in [0.29, 0.717) is 28.2 Å². The fourth-order valence-corrected chi connectivity index (χ4v) is 3.95. The van der Waals surface area contributed by atoms with Crippen molar-refractivity contribution < 1.29 is 28.6 Å². The lowest BCUT2D eigenvalue weighted by Gasteiger charge is -2.09. The molecule has 0 aromatic heterocycles. The topological polar surface area (TPSA) is 78.9 Å². The summed E-state index contributed by atoms with van der Waals surface area (Å²) < 4.78 is 15.9. The number of thioether (sulfide) groups is 1. The third-order valence-corrected chi connectivity index (χ3v) is 6.06. The molecule has 0 N–H and O–H groups in total. The number of hydrogen-bond donors (Lipinski definition) is 0. The Bertz CT molecular complexity index is 1320. The molecule has 0 saturated carbocycles. The van der Waals surface area contributed by atoms with E-state index in [4.69, 9.17) is 14.2 Å². The number of esters is 2. The van der Waals surface area contributed by atoms with Crippen molar-refractivity contribution >= 4 is 28.8 Å². The summed E-state index contributed by atoms with van der Waals surface area (Å²) in [6.45, 7) is 12.5. The third-order valence-electron chi connectivity index (χ3n) is 5.15. The van der Waals surface area contributed by atoms with Crippen LogP contribution in [0.3, 0.4) is 0 Å². The van der Waals surface area contributed by atoms with Crippen molar-refractivity contribution in [3.8, 4) is 22.6 Å². The summed E-state index contributed by atoms with van der Waals surface area (Å²) in [5.41, 5.74) is 3.94. The van der Waals surface area contributed by atoms with Gasteiger partial charge in [0.05, 0.1) is 0 Å². The monoisotopic (exact) mass is 516 g/mol. The Kier molecular flexibility index (Phi) is 9.46. The Morgan fingerprint density at radius 2 is 1.38 bits per heavy atom. The molecule has 0 aliphatic rings. The van der Waals surface area contributed by atoms with Crippen molar-refractivity contribution in [1.82, 2.24) is 0 Å². The van der Waals surface area contributed by atoms with E-state index < -0.39 is 11.9 Å². The summed E-state index contributed by atoms with van der Waals surface area (Å²) in [6.07, 6.45) is 0. The van der Waals surface area contributed by atoms with Gasteiger partial charge in [-0.1, -0.05) is 37.4 Å². The standard InChI is InChI=1S/C30H28O6S/c1-19(2)28(31)35-17-16-34-25-12-10-23(11-13-25)22-6-8-24(9-7-22)30(33)37-26-14-15-27(21(5)18-26)36-29(32)20(3)4/h6-15,18H,1,3,16-17H2,2,4-5H3. The molecule has 0 bridgehead atoms. The molecule has 0 radical (unpaired) electrons. The maximum atomic E-state index is 12.8. The van der Waals surface area contributed by atoms with Crippen LogP contribution in [0.2, 0.25) is 0 Å². The van der Waals surface area contributed by atoms with Crippen molar-refractivity contribution in [3.63, 3.8) is 0 Å². The van der Waals surface area contributed by atoms with Crippen molar-refractivity contribution in [1.29, 1.82) is 0 Å². The number of ether oxygens (including phenoxy) is 3. The van der Waals surface area contributed by atoms with E-state index >= 15 is 0 Å². The summed E-state index contributed by atoms with van der Waals surface area (Å²) in [5, 5.41) is -0.0891. The summed E-state index contributed by atoms with van der Waals surface area (Å²) in [4.78, 5) is 36.7. The lowest BCUT2D eigenvalue weighted by molar-refractivity contribution is -0.139. The van der Waals surface area contributed by atoms with Crippen molar-refractivity contribution in [2.75, 3.05) is 13.2 Å². The fourth-order valence-electron chi connectivity index (χ4n) is 3.11. The molecule has 0 saturated heterocycles. The zero-order valence-corrected chi connectivity index (χ0v) is 21.9. The Labute approximate surface area is 220 Å². The predicted molar refractivity (Wildman–Crippen MR) is 145 cm³/mol. The van der Waals surface area contributed by atoms with Crippen molar-refractivity contribution in [2.24, 2.45) is 0 Å². The first-order valence-electron chi connectivity index (χ1n) is 11.5.